The van der Waals surface area contributed by atoms with Crippen LogP contribution in [0.1, 0.15) is 13.0 Å². The summed E-state index contributed by atoms with van der Waals surface area (Å²) in [5.74, 6) is 1.21. The summed E-state index contributed by atoms with van der Waals surface area (Å²) in [4.78, 5) is 10.3. The first-order valence-corrected chi connectivity index (χ1v) is 17.6. The predicted octanol–water partition coefficient (Wildman–Crippen LogP) is 12.0. The smallest absolute Gasteiger partial charge is 0.146 e. The van der Waals surface area contributed by atoms with Gasteiger partial charge in [-0.05, 0) is 65.1 Å². The summed E-state index contributed by atoms with van der Waals surface area (Å²) in [7, 11) is 0. The summed E-state index contributed by atoms with van der Waals surface area (Å²) in [5, 5.41) is 4.81. The molecule has 2 atom stereocenters. The molecule has 4 aromatic heterocycles. The Morgan fingerprint density at radius 2 is 1.27 bits per heavy atom. The molecule has 0 saturated carbocycles. The zero-order valence-corrected chi connectivity index (χ0v) is 28.2. The zero-order chi connectivity index (χ0) is 33.9. The molecule has 4 heteroatoms. The van der Waals surface area contributed by atoms with Gasteiger partial charge in [0.05, 0.1) is 22.8 Å². The van der Waals surface area contributed by atoms with E-state index in [-0.39, 0.29) is 6.04 Å². The molecule has 0 bridgehead atoms. The average molecular weight is 655 g/mol. The van der Waals surface area contributed by atoms with Crippen molar-refractivity contribution in [1.29, 1.82) is 0 Å². The molecule has 242 valence electrons. The van der Waals surface area contributed by atoms with E-state index in [2.05, 4.69) is 174 Å². The normalized spacial score (nSPS) is 15.8. The van der Waals surface area contributed by atoms with Crippen LogP contribution in [0.3, 0.4) is 0 Å². The van der Waals surface area contributed by atoms with E-state index in [9.17, 15) is 0 Å². The Hall–Kier alpha value is -6.52. The molecule has 4 heterocycles. The van der Waals surface area contributed by atoms with E-state index < -0.39 is 0 Å². The highest BCUT2D eigenvalue weighted by atomic mass is 15.1. The Morgan fingerprint density at radius 3 is 2.12 bits per heavy atom. The number of rotatable bonds is 5. The minimum Gasteiger partial charge on any atom is -0.332 e. The number of nitrogens with zero attached hydrogens (tertiary/aromatic N) is 4. The van der Waals surface area contributed by atoms with Crippen LogP contribution in [-0.4, -0.2) is 19.1 Å². The van der Waals surface area contributed by atoms with E-state index in [0.29, 0.717) is 5.92 Å². The van der Waals surface area contributed by atoms with Gasteiger partial charge in [-0.3, -0.25) is 4.57 Å². The summed E-state index contributed by atoms with van der Waals surface area (Å²) >= 11 is 0. The highest BCUT2D eigenvalue weighted by Gasteiger charge is 2.24. The van der Waals surface area contributed by atoms with Crippen LogP contribution in [0.25, 0.3) is 83.1 Å². The van der Waals surface area contributed by atoms with Crippen molar-refractivity contribution in [3.63, 3.8) is 0 Å². The number of hydrogen-bond acceptors (Lipinski definition) is 2. The van der Waals surface area contributed by atoms with Crippen molar-refractivity contribution < 1.29 is 0 Å². The maximum Gasteiger partial charge on any atom is 0.146 e. The Bertz CT molecular complexity index is 2760. The molecular formula is C47H34N4. The highest BCUT2D eigenvalue weighted by Crippen LogP contribution is 2.42. The van der Waals surface area contributed by atoms with E-state index in [1.54, 1.807) is 0 Å². The molecule has 1 aliphatic carbocycles. The Kier molecular flexibility index (Phi) is 6.81. The fourth-order valence-electron chi connectivity index (χ4n) is 8.05. The highest BCUT2D eigenvalue weighted by molar-refractivity contribution is 6.14. The van der Waals surface area contributed by atoms with Crippen LogP contribution in [0, 0.1) is 5.92 Å². The van der Waals surface area contributed by atoms with Crippen LogP contribution in [0.15, 0.2) is 176 Å². The molecule has 5 aromatic carbocycles. The van der Waals surface area contributed by atoms with E-state index in [4.69, 9.17) is 9.97 Å². The molecule has 51 heavy (non-hydrogen) atoms. The number of para-hydroxylation sites is 2. The van der Waals surface area contributed by atoms with E-state index >= 15 is 0 Å². The summed E-state index contributed by atoms with van der Waals surface area (Å²) in [5.41, 5.74) is 11.2. The third kappa shape index (κ3) is 4.75. The largest absolute Gasteiger partial charge is 0.332 e. The van der Waals surface area contributed by atoms with Crippen LogP contribution in [0.4, 0.5) is 0 Å². The maximum absolute atomic E-state index is 5.30. The molecule has 1 aliphatic rings. The van der Waals surface area contributed by atoms with Crippen molar-refractivity contribution in [1.82, 2.24) is 19.1 Å². The quantitative estimate of drug-likeness (QED) is 0.185. The van der Waals surface area contributed by atoms with Gasteiger partial charge < -0.3 is 4.57 Å². The molecule has 4 nitrogen and oxygen atoms in total. The third-order valence-corrected chi connectivity index (χ3v) is 10.5. The lowest BCUT2D eigenvalue weighted by molar-refractivity contribution is 0.510. The molecule has 0 radical (unpaired) electrons. The van der Waals surface area contributed by atoms with Crippen molar-refractivity contribution in [2.24, 2.45) is 5.92 Å². The maximum atomic E-state index is 5.30. The van der Waals surface area contributed by atoms with Gasteiger partial charge in [-0.15, -0.1) is 0 Å². The molecule has 2 unspecified atom stereocenters. The van der Waals surface area contributed by atoms with Gasteiger partial charge in [0, 0.05) is 44.4 Å². The molecule has 0 amide bonds. The van der Waals surface area contributed by atoms with Crippen molar-refractivity contribution in [3.05, 3.63) is 176 Å². The molecule has 9 aromatic rings. The van der Waals surface area contributed by atoms with E-state index in [0.717, 1.165) is 50.1 Å². The van der Waals surface area contributed by atoms with Crippen LogP contribution in [-0.2, 0) is 0 Å². The fraction of sp³-hybridized carbons (Fsp3) is 0.0638. The number of fused-ring (bicyclic) bond motifs is 6. The van der Waals surface area contributed by atoms with Gasteiger partial charge in [-0.2, -0.15) is 0 Å². The van der Waals surface area contributed by atoms with Crippen molar-refractivity contribution >= 4 is 43.7 Å². The van der Waals surface area contributed by atoms with Gasteiger partial charge in [0.2, 0.25) is 0 Å². The number of hydrogen-bond donors (Lipinski definition) is 0. The molecule has 0 aliphatic heterocycles. The van der Waals surface area contributed by atoms with Crippen LogP contribution in [0.5, 0.6) is 0 Å². The predicted molar refractivity (Wildman–Crippen MR) is 212 cm³/mol. The summed E-state index contributed by atoms with van der Waals surface area (Å²) in [6.07, 6.45) is 10.9. The van der Waals surface area contributed by atoms with Crippen LogP contribution < -0.4 is 0 Å². The van der Waals surface area contributed by atoms with Gasteiger partial charge in [0.15, 0.2) is 0 Å². The number of aromatic nitrogens is 4. The number of allylic oxidation sites excluding steroid dienone is 4. The lowest BCUT2D eigenvalue weighted by atomic mass is 9.95. The van der Waals surface area contributed by atoms with E-state index in [1.165, 1.54) is 32.9 Å². The minimum absolute atomic E-state index is 0.218. The van der Waals surface area contributed by atoms with Gasteiger partial charge in [0.1, 0.15) is 11.5 Å². The van der Waals surface area contributed by atoms with Crippen molar-refractivity contribution in [2.45, 2.75) is 13.0 Å². The Labute approximate surface area is 296 Å². The zero-order valence-electron chi connectivity index (χ0n) is 28.2. The lowest BCUT2D eigenvalue weighted by Crippen LogP contribution is -2.15. The average Bonchev–Trinajstić information content (AvgIpc) is 3.71. The van der Waals surface area contributed by atoms with Gasteiger partial charge in [0.25, 0.3) is 0 Å². The van der Waals surface area contributed by atoms with Crippen molar-refractivity contribution in [2.75, 3.05) is 0 Å². The van der Waals surface area contributed by atoms with Gasteiger partial charge >= 0.3 is 0 Å². The number of pyridine rings is 2. The second-order valence-corrected chi connectivity index (χ2v) is 13.5. The van der Waals surface area contributed by atoms with Crippen molar-refractivity contribution in [3.8, 4) is 39.3 Å². The lowest BCUT2D eigenvalue weighted by Gasteiger charge is -2.25. The molecular weight excluding hydrogens is 621 g/mol. The SMILES string of the molecule is CC1C=CC=CC1n1c2ccccc2c2cccc(-c3ccc4c(c3)c3cccnc3n4-c3cc(-c4ccccc4)cc(-c4ccccc4)n3)c21. The summed E-state index contributed by atoms with van der Waals surface area (Å²) in [6.45, 7) is 2.31. The fourth-order valence-corrected chi connectivity index (χ4v) is 8.05. The second-order valence-electron chi connectivity index (χ2n) is 13.5. The summed E-state index contributed by atoms with van der Waals surface area (Å²) in [6, 6.07) is 52.2. The van der Waals surface area contributed by atoms with Gasteiger partial charge in [-0.1, -0.05) is 134 Å². The number of benzene rings is 5. The monoisotopic (exact) mass is 654 g/mol. The van der Waals surface area contributed by atoms with Gasteiger partial charge in [-0.25, -0.2) is 9.97 Å². The Morgan fingerprint density at radius 1 is 0.529 bits per heavy atom. The standard InChI is InChI=1S/C47H34N4/c1-31-14-8-10-23-42(31)50-43-24-11-9-19-37(43)38-21-12-20-36(46(38)50)34-25-26-44-40(28-34)39-22-13-27-48-47(39)51(44)45-30-35(32-15-4-2-5-16-32)29-41(49-45)33-17-6-3-7-18-33/h2-31,42H,1H3. The third-order valence-electron chi connectivity index (χ3n) is 10.5. The topological polar surface area (TPSA) is 35.6 Å². The first-order chi connectivity index (χ1) is 25.2. The Balaban J connectivity index is 1.22. The minimum atomic E-state index is 0.218. The molecule has 10 rings (SSSR count). The molecule has 0 N–H and O–H groups in total. The molecule has 0 fully saturated rings. The second kappa shape index (κ2) is 11.8. The molecule has 0 spiro atoms. The van der Waals surface area contributed by atoms with E-state index in [1.807, 2.05) is 18.3 Å². The first kappa shape index (κ1) is 29.4. The summed E-state index contributed by atoms with van der Waals surface area (Å²) < 4.78 is 4.79. The molecule has 0 saturated heterocycles. The first-order valence-electron chi connectivity index (χ1n) is 17.6. The van der Waals surface area contributed by atoms with Crippen LogP contribution in [0.2, 0.25) is 0 Å². The van der Waals surface area contributed by atoms with Crippen LogP contribution >= 0.6 is 0 Å².